The van der Waals surface area contributed by atoms with Crippen molar-refractivity contribution in [1.82, 2.24) is 9.55 Å². The molecule has 5 heteroatoms. The van der Waals surface area contributed by atoms with Gasteiger partial charge in [-0.2, -0.15) is 0 Å². The molecule has 3 heterocycles. The monoisotopic (exact) mass is 230 g/mol. The second-order valence-corrected chi connectivity index (χ2v) is 3.69. The van der Waals surface area contributed by atoms with Crippen LogP contribution >= 0.6 is 0 Å². The lowest BCUT2D eigenvalue weighted by Crippen LogP contribution is -2.26. The van der Waals surface area contributed by atoms with Crippen molar-refractivity contribution in [3.8, 4) is 0 Å². The van der Waals surface area contributed by atoms with Gasteiger partial charge in [0.15, 0.2) is 0 Å². The zero-order chi connectivity index (χ0) is 11.7. The van der Waals surface area contributed by atoms with Crippen molar-refractivity contribution in [2.24, 2.45) is 0 Å². The molecule has 0 radical (unpaired) electrons. The quantitative estimate of drug-likeness (QED) is 0.778. The molecule has 0 N–H and O–H groups in total. The molecule has 0 spiro atoms. The summed E-state index contributed by atoms with van der Waals surface area (Å²) < 4.78 is 12.0. The molecule has 0 amide bonds. The van der Waals surface area contributed by atoms with Gasteiger partial charge in [-0.25, -0.2) is 0 Å². The third-order valence-electron chi connectivity index (χ3n) is 2.64. The molecule has 0 aromatic carbocycles. The molecule has 0 atom stereocenters. The van der Waals surface area contributed by atoms with Crippen LogP contribution in [0, 0.1) is 0 Å². The van der Waals surface area contributed by atoms with Gasteiger partial charge in [-0.15, -0.1) is 0 Å². The van der Waals surface area contributed by atoms with Crippen molar-refractivity contribution < 1.29 is 9.47 Å². The standard InChI is InChI=1S/C12H10N2O3/c15-11-2-1-9-7-13-4-3-10(9)14(11)8-12-16-5-6-17-12/h1-7,12H,8H2. The van der Waals surface area contributed by atoms with Crippen molar-refractivity contribution in [3.05, 3.63) is 53.5 Å². The molecule has 0 unspecified atom stereocenters. The first-order valence-electron chi connectivity index (χ1n) is 5.24. The summed E-state index contributed by atoms with van der Waals surface area (Å²) in [5.74, 6) is 0. The predicted octanol–water partition coefficient (Wildman–Crippen LogP) is 1.24. The maximum absolute atomic E-state index is 11.8. The third kappa shape index (κ3) is 1.75. The van der Waals surface area contributed by atoms with Crippen molar-refractivity contribution in [1.29, 1.82) is 0 Å². The van der Waals surface area contributed by atoms with E-state index in [-0.39, 0.29) is 5.56 Å². The van der Waals surface area contributed by atoms with Crippen LogP contribution < -0.4 is 5.56 Å². The maximum atomic E-state index is 11.8. The molecule has 17 heavy (non-hydrogen) atoms. The molecule has 0 aliphatic carbocycles. The van der Waals surface area contributed by atoms with Crippen LogP contribution in [0.2, 0.25) is 0 Å². The Morgan fingerprint density at radius 2 is 2.06 bits per heavy atom. The van der Waals surface area contributed by atoms with Crippen molar-refractivity contribution >= 4 is 10.9 Å². The highest BCUT2D eigenvalue weighted by molar-refractivity contribution is 5.77. The minimum absolute atomic E-state index is 0.0807. The van der Waals surface area contributed by atoms with Gasteiger partial charge in [0.1, 0.15) is 19.1 Å². The normalized spacial score (nSPS) is 14.8. The molecule has 3 rings (SSSR count). The summed E-state index contributed by atoms with van der Waals surface area (Å²) in [4.78, 5) is 15.9. The fourth-order valence-corrected chi connectivity index (χ4v) is 1.84. The van der Waals surface area contributed by atoms with Crippen LogP contribution in [0.4, 0.5) is 0 Å². The van der Waals surface area contributed by atoms with E-state index in [1.165, 1.54) is 18.6 Å². The first kappa shape index (κ1) is 9.89. The van der Waals surface area contributed by atoms with Crippen LogP contribution in [0.1, 0.15) is 0 Å². The number of ether oxygens (including phenoxy) is 2. The number of pyridine rings is 2. The lowest BCUT2D eigenvalue weighted by molar-refractivity contribution is -0.0339. The van der Waals surface area contributed by atoms with Crippen LogP contribution in [0.25, 0.3) is 10.9 Å². The van der Waals surface area contributed by atoms with Crippen molar-refractivity contribution in [2.75, 3.05) is 0 Å². The Labute approximate surface area is 96.9 Å². The second kappa shape index (κ2) is 3.93. The molecular formula is C12H10N2O3. The smallest absolute Gasteiger partial charge is 0.257 e. The molecule has 1 aliphatic heterocycles. The van der Waals surface area contributed by atoms with Crippen LogP contribution in [0.15, 0.2) is 47.9 Å². The van der Waals surface area contributed by atoms with E-state index in [0.717, 1.165) is 10.9 Å². The number of rotatable bonds is 2. The summed E-state index contributed by atoms with van der Waals surface area (Å²) >= 11 is 0. The number of fused-ring (bicyclic) bond motifs is 1. The van der Waals surface area contributed by atoms with E-state index in [2.05, 4.69) is 4.98 Å². The fourth-order valence-electron chi connectivity index (χ4n) is 1.84. The molecule has 5 nitrogen and oxygen atoms in total. The van der Waals surface area contributed by atoms with Gasteiger partial charge in [-0.3, -0.25) is 9.78 Å². The second-order valence-electron chi connectivity index (χ2n) is 3.69. The van der Waals surface area contributed by atoms with E-state index in [9.17, 15) is 4.79 Å². The first-order valence-corrected chi connectivity index (χ1v) is 5.24. The zero-order valence-electron chi connectivity index (χ0n) is 8.95. The van der Waals surface area contributed by atoms with Crippen molar-refractivity contribution in [3.63, 3.8) is 0 Å². The van der Waals surface area contributed by atoms with Crippen molar-refractivity contribution in [2.45, 2.75) is 12.8 Å². The zero-order valence-corrected chi connectivity index (χ0v) is 8.95. The number of hydrogen-bond donors (Lipinski definition) is 0. The van der Waals surface area contributed by atoms with Crippen LogP contribution in [0.5, 0.6) is 0 Å². The summed E-state index contributed by atoms with van der Waals surface area (Å²) in [6.07, 6.45) is 5.89. The van der Waals surface area contributed by atoms with Gasteiger partial charge in [0, 0.05) is 23.8 Å². The summed E-state index contributed by atoms with van der Waals surface area (Å²) in [7, 11) is 0. The molecule has 0 fully saturated rings. The number of nitrogens with zero attached hydrogens (tertiary/aromatic N) is 2. The molecule has 1 aliphatic rings. The molecular weight excluding hydrogens is 220 g/mol. The van der Waals surface area contributed by atoms with E-state index in [1.807, 2.05) is 0 Å². The van der Waals surface area contributed by atoms with Crippen LogP contribution in [-0.4, -0.2) is 15.8 Å². The van der Waals surface area contributed by atoms with E-state index in [0.29, 0.717) is 6.54 Å². The Balaban J connectivity index is 2.07. The SMILES string of the molecule is O=c1ccc2cnccc2n1CC1OC=CO1. The average molecular weight is 230 g/mol. The summed E-state index contributed by atoms with van der Waals surface area (Å²) in [5, 5.41) is 0.915. The Hall–Kier alpha value is -2.30. The highest BCUT2D eigenvalue weighted by Crippen LogP contribution is 2.13. The fraction of sp³-hybridized carbons (Fsp3) is 0.167. The Morgan fingerprint density at radius 3 is 2.88 bits per heavy atom. The van der Waals surface area contributed by atoms with E-state index in [1.54, 1.807) is 29.1 Å². The molecule has 0 bridgehead atoms. The molecule has 86 valence electrons. The largest absolute Gasteiger partial charge is 0.457 e. The van der Waals surface area contributed by atoms with Gasteiger partial charge in [-0.05, 0) is 12.1 Å². The van der Waals surface area contributed by atoms with Gasteiger partial charge < -0.3 is 14.0 Å². The van der Waals surface area contributed by atoms with E-state index < -0.39 is 6.29 Å². The molecule has 2 aromatic heterocycles. The molecule has 0 saturated heterocycles. The Kier molecular flexibility index (Phi) is 2.29. The highest BCUT2D eigenvalue weighted by Gasteiger charge is 2.15. The van der Waals surface area contributed by atoms with Gasteiger partial charge in [-0.1, -0.05) is 0 Å². The predicted molar refractivity (Wildman–Crippen MR) is 61.1 cm³/mol. The lowest BCUT2D eigenvalue weighted by atomic mass is 10.2. The van der Waals surface area contributed by atoms with Gasteiger partial charge in [0.25, 0.3) is 11.8 Å². The Bertz CT molecular complexity index is 625. The van der Waals surface area contributed by atoms with Crippen LogP contribution in [-0.2, 0) is 16.0 Å². The van der Waals surface area contributed by atoms with Gasteiger partial charge in [0.05, 0.1) is 5.52 Å². The highest BCUT2D eigenvalue weighted by atomic mass is 16.7. The number of aromatic nitrogens is 2. The summed E-state index contributed by atoms with van der Waals surface area (Å²) in [6.45, 7) is 0.354. The summed E-state index contributed by atoms with van der Waals surface area (Å²) in [6, 6.07) is 5.08. The summed E-state index contributed by atoms with van der Waals surface area (Å²) in [5.41, 5.74) is 0.745. The van der Waals surface area contributed by atoms with Gasteiger partial charge in [0.2, 0.25) is 0 Å². The topological polar surface area (TPSA) is 53.4 Å². The lowest BCUT2D eigenvalue weighted by Gasteiger charge is -2.14. The number of hydrogen-bond acceptors (Lipinski definition) is 4. The third-order valence-corrected chi connectivity index (χ3v) is 2.64. The minimum atomic E-state index is -0.438. The minimum Gasteiger partial charge on any atom is -0.457 e. The van der Waals surface area contributed by atoms with E-state index >= 15 is 0 Å². The Morgan fingerprint density at radius 1 is 1.24 bits per heavy atom. The van der Waals surface area contributed by atoms with Crippen LogP contribution in [0.3, 0.4) is 0 Å². The van der Waals surface area contributed by atoms with E-state index in [4.69, 9.17) is 9.47 Å². The maximum Gasteiger partial charge on any atom is 0.257 e. The molecule has 0 saturated carbocycles. The average Bonchev–Trinajstić information content (AvgIpc) is 2.86. The molecule has 2 aromatic rings. The first-order chi connectivity index (χ1) is 8.34. The van der Waals surface area contributed by atoms with Gasteiger partial charge >= 0.3 is 0 Å².